The molecule has 0 aliphatic carbocycles. The number of pyridine rings is 2. The first-order chi connectivity index (χ1) is 16.5. The highest BCUT2D eigenvalue weighted by Gasteiger charge is 2.30. The van der Waals surface area contributed by atoms with Crippen molar-refractivity contribution >= 4 is 39.6 Å². The second-order valence-corrected chi connectivity index (χ2v) is 8.39. The summed E-state index contributed by atoms with van der Waals surface area (Å²) in [7, 11) is 0. The van der Waals surface area contributed by atoms with Crippen LogP contribution >= 0.6 is 0 Å². The van der Waals surface area contributed by atoms with E-state index in [1.165, 1.54) is 0 Å². The van der Waals surface area contributed by atoms with Crippen molar-refractivity contribution in [2.24, 2.45) is 0 Å². The normalized spacial score (nSPS) is 14.4. The number of benzene rings is 1. The van der Waals surface area contributed by atoms with Crippen molar-refractivity contribution in [3.8, 4) is 0 Å². The molecule has 172 valence electrons. The van der Waals surface area contributed by atoms with Gasteiger partial charge >= 0.3 is 5.97 Å². The van der Waals surface area contributed by atoms with Gasteiger partial charge in [-0.25, -0.2) is 9.78 Å². The van der Waals surface area contributed by atoms with Crippen LogP contribution in [-0.2, 0) is 11.2 Å². The molecule has 1 aliphatic rings. The zero-order valence-corrected chi connectivity index (χ0v) is 18.3. The number of aliphatic carboxylic acids is 1. The molecule has 1 atom stereocenters. The van der Waals surface area contributed by atoms with E-state index in [2.05, 4.69) is 20.6 Å². The highest BCUT2D eigenvalue weighted by Crippen LogP contribution is 2.26. The summed E-state index contributed by atoms with van der Waals surface area (Å²) in [6, 6.07) is 10.1. The molecule has 0 bridgehead atoms. The van der Waals surface area contributed by atoms with Crippen LogP contribution in [0.5, 0.6) is 0 Å². The van der Waals surface area contributed by atoms with Crippen LogP contribution in [-0.4, -0.2) is 40.2 Å². The first-order valence-corrected chi connectivity index (χ1v) is 11.1. The van der Waals surface area contributed by atoms with Gasteiger partial charge in [-0.05, 0) is 48.1 Å². The maximum Gasteiger partial charge on any atom is 0.326 e. The molecule has 1 fully saturated rings. The summed E-state index contributed by atoms with van der Waals surface area (Å²) in [5.74, 6) is -0.409. The van der Waals surface area contributed by atoms with Crippen LogP contribution < -0.4 is 26.4 Å². The van der Waals surface area contributed by atoms with Crippen LogP contribution in [0.4, 0.5) is 22.9 Å². The number of hydrogen-bond acceptors (Lipinski definition) is 8. The molecule has 4 aromatic rings. The lowest BCUT2D eigenvalue weighted by molar-refractivity contribution is -0.137. The van der Waals surface area contributed by atoms with Crippen molar-refractivity contribution in [3.63, 3.8) is 0 Å². The molecule has 5 rings (SSSR count). The molecule has 9 heteroatoms. The SMILES string of the molecule is O=C(O)C(Cc1ccc(Nc2nccc3ccncc23)cc1)Nc1c(N2CCCC2)c(=O)c1=O. The van der Waals surface area contributed by atoms with E-state index >= 15 is 0 Å². The van der Waals surface area contributed by atoms with Gasteiger partial charge in [0.25, 0.3) is 10.9 Å². The lowest BCUT2D eigenvalue weighted by Gasteiger charge is -2.25. The lowest BCUT2D eigenvalue weighted by atomic mass is 10.0. The number of rotatable bonds is 8. The number of carboxylic acids is 1. The van der Waals surface area contributed by atoms with E-state index in [-0.39, 0.29) is 12.1 Å². The van der Waals surface area contributed by atoms with E-state index in [9.17, 15) is 19.5 Å². The smallest absolute Gasteiger partial charge is 0.326 e. The molecular weight excluding hydrogens is 434 g/mol. The van der Waals surface area contributed by atoms with Gasteiger partial charge in [0.2, 0.25) is 0 Å². The fourth-order valence-electron chi connectivity index (χ4n) is 4.34. The summed E-state index contributed by atoms with van der Waals surface area (Å²) in [6.45, 7) is 1.40. The van der Waals surface area contributed by atoms with Gasteiger partial charge in [0.1, 0.15) is 23.2 Å². The predicted octanol–water partition coefficient (Wildman–Crippen LogP) is 2.68. The minimum absolute atomic E-state index is 0.119. The van der Waals surface area contributed by atoms with Crippen molar-refractivity contribution in [2.75, 3.05) is 28.6 Å². The molecule has 3 heterocycles. The molecule has 34 heavy (non-hydrogen) atoms. The topological polar surface area (TPSA) is 125 Å². The molecule has 1 saturated heterocycles. The van der Waals surface area contributed by atoms with Gasteiger partial charge in [-0.1, -0.05) is 12.1 Å². The summed E-state index contributed by atoms with van der Waals surface area (Å²) >= 11 is 0. The van der Waals surface area contributed by atoms with Gasteiger partial charge in [0, 0.05) is 49.2 Å². The average molecular weight is 457 g/mol. The van der Waals surface area contributed by atoms with Crippen molar-refractivity contribution < 1.29 is 9.90 Å². The Morgan fingerprint density at radius 2 is 1.76 bits per heavy atom. The summed E-state index contributed by atoms with van der Waals surface area (Å²) < 4.78 is 0. The van der Waals surface area contributed by atoms with E-state index in [1.54, 1.807) is 18.6 Å². The molecule has 2 aromatic heterocycles. The van der Waals surface area contributed by atoms with E-state index < -0.39 is 22.9 Å². The van der Waals surface area contributed by atoms with Crippen molar-refractivity contribution in [1.29, 1.82) is 0 Å². The van der Waals surface area contributed by atoms with Crippen LogP contribution in [0.25, 0.3) is 10.8 Å². The van der Waals surface area contributed by atoms with Crippen molar-refractivity contribution in [3.05, 3.63) is 81.0 Å². The standard InChI is InChI=1S/C25H23N5O4/c31-22-20(21(23(22)32)30-11-1-2-12-30)29-19(25(33)34)13-15-3-5-17(6-4-15)28-24-18-14-26-9-7-16(18)8-10-27-24/h3-10,14,19,29H,1-2,11-13H2,(H,27,28)(H,33,34). The quantitative estimate of drug-likeness (QED) is 0.343. The van der Waals surface area contributed by atoms with Crippen molar-refractivity contribution in [2.45, 2.75) is 25.3 Å². The molecule has 0 saturated carbocycles. The highest BCUT2D eigenvalue weighted by atomic mass is 16.4. The van der Waals surface area contributed by atoms with Gasteiger partial charge in [0.15, 0.2) is 0 Å². The number of aromatic nitrogens is 2. The highest BCUT2D eigenvalue weighted by molar-refractivity contribution is 5.92. The summed E-state index contributed by atoms with van der Waals surface area (Å²) in [4.78, 5) is 46.5. The fraction of sp³-hybridized carbons (Fsp3) is 0.240. The number of carboxylic acid groups (broad SMARTS) is 1. The fourth-order valence-corrected chi connectivity index (χ4v) is 4.34. The van der Waals surface area contributed by atoms with Gasteiger partial charge in [0.05, 0.1) is 0 Å². The predicted molar refractivity (Wildman–Crippen MR) is 131 cm³/mol. The Labute approximate surface area is 194 Å². The maximum absolute atomic E-state index is 12.1. The van der Waals surface area contributed by atoms with Crippen LogP contribution in [0.15, 0.2) is 64.6 Å². The van der Waals surface area contributed by atoms with E-state index in [4.69, 9.17) is 0 Å². The third-order valence-electron chi connectivity index (χ3n) is 6.15. The van der Waals surface area contributed by atoms with Crippen LogP contribution in [0.3, 0.4) is 0 Å². The van der Waals surface area contributed by atoms with Crippen LogP contribution in [0.2, 0.25) is 0 Å². The Hall–Kier alpha value is -4.27. The number of anilines is 4. The summed E-state index contributed by atoms with van der Waals surface area (Å²) in [5.41, 5.74) is 0.829. The van der Waals surface area contributed by atoms with Gasteiger partial charge in [-0.3, -0.25) is 14.6 Å². The van der Waals surface area contributed by atoms with E-state index in [0.29, 0.717) is 24.6 Å². The second kappa shape index (κ2) is 8.93. The first kappa shape index (κ1) is 21.6. The number of nitrogens with one attached hydrogen (secondary N) is 2. The Morgan fingerprint density at radius 3 is 2.50 bits per heavy atom. The summed E-state index contributed by atoms with van der Waals surface area (Å²) in [5, 5.41) is 17.7. The van der Waals surface area contributed by atoms with Gasteiger partial charge in [-0.2, -0.15) is 0 Å². The van der Waals surface area contributed by atoms with Gasteiger partial charge in [-0.15, -0.1) is 0 Å². The third kappa shape index (κ3) is 4.07. The first-order valence-electron chi connectivity index (χ1n) is 11.1. The molecule has 0 radical (unpaired) electrons. The Kier molecular flexibility index (Phi) is 5.67. The Bertz CT molecular complexity index is 1410. The monoisotopic (exact) mass is 457 g/mol. The molecule has 0 spiro atoms. The average Bonchev–Trinajstić information content (AvgIpc) is 3.38. The van der Waals surface area contributed by atoms with Crippen LogP contribution in [0.1, 0.15) is 18.4 Å². The number of fused-ring (bicyclic) bond motifs is 1. The van der Waals surface area contributed by atoms with E-state index in [0.717, 1.165) is 34.9 Å². The summed E-state index contributed by atoms with van der Waals surface area (Å²) in [6.07, 6.45) is 7.26. The number of hydrogen-bond donors (Lipinski definition) is 3. The molecule has 1 unspecified atom stereocenters. The largest absolute Gasteiger partial charge is 0.480 e. The molecule has 9 nitrogen and oxygen atoms in total. The molecule has 1 aliphatic heterocycles. The van der Waals surface area contributed by atoms with Gasteiger partial charge < -0.3 is 20.6 Å². The third-order valence-corrected chi connectivity index (χ3v) is 6.15. The maximum atomic E-state index is 12.1. The van der Waals surface area contributed by atoms with Crippen molar-refractivity contribution in [1.82, 2.24) is 9.97 Å². The minimum Gasteiger partial charge on any atom is -0.480 e. The molecular formula is C25H23N5O4. The lowest BCUT2D eigenvalue weighted by Crippen LogP contribution is -2.45. The molecule has 0 amide bonds. The molecule has 2 aromatic carbocycles. The minimum atomic E-state index is -1.09. The van der Waals surface area contributed by atoms with Crippen LogP contribution in [0, 0.1) is 0 Å². The second-order valence-electron chi connectivity index (χ2n) is 8.39. The Morgan fingerprint density at radius 1 is 1.03 bits per heavy atom. The zero-order valence-electron chi connectivity index (χ0n) is 18.3. The zero-order chi connectivity index (χ0) is 23.7. The number of carbonyl (C=O) groups is 1. The number of nitrogens with zero attached hydrogens (tertiary/aromatic N) is 3. The van der Waals surface area contributed by atoms with E-state index in [1.807, 2.05) is 41.3 Å². The molecule has 3 N–H and O–H groups in total. The Balaban J connectivity index is 1.30.